The van der Waals surface area contributed by atoms with E-state index in [1.807, 2.05) is 6.92 Å². The molecule has 0 spiro atoms. The number of rotatable bonds is 7. The SMILES string of the molecule is CNc1ccc(S(=O)(=O)N2CCC(C(=O)N[C@@H](C)C3CC3)CC2)cc1[N+](=O)[O-]. The van der Waals surface area contributed by atoms with Crippen molar-refractivity contribution in [3.8, 4) is 0 Å². The normalized spacial score (nSPS) is 19.8. The Morgan fingerprint density at radius 2 is 1.89 bits per heavy atom. The highest BCUT2D eigenvalue weighted by molar-refractivity contribution is 7.89. The van der Waals surface area contributed by atoms with Crippen LogP contribution in [0.3, 0.4) is 0 Å². The van der Waals surface area contributed by atoms with Crippen LogP contribution in [-0.2, 0) is 14.8 Å². The van der Waals surface area contributed by atoms with Crippen molar-refractivity contribution in [1.82, 2.24) is 9.62 Å². The van der Waals surface area contributed by atoms with E-state index in [1.54, 1.807) is 0 Å². The molecule has 10 heteroatoms. The van der Waals surface area contributed by atoms with Gasteiger partial charge in [0.2, 0.25) is 15.9 Å². The van der Waals surface area contributed by atoms with Gasteiger partial charge in [0.15, 0.2) is 0 Å². The van der Waals surface area contributed by atoms with Crippen LogP contribution in [0.2, 0.25) is 0 Å². The van der Waals surface area contributed by atoms with Crippen molar-refractivity contribution >= 4 is 27.3 Å². The second-order valence-electron chi connectivity index (χ2n) is 7.50. The first-order valence-electron chi connectivity index (χ1n) is 9.50. The minimum Gasteiger partial charge on any atom is -0.383 e. The van der Waals surface area contributed by atoms with Crippen LogP contribution >= 0.6 is 0 Å². The van der Waals surface area contributed by atoms with Gasteiger partial charge in [-0.25, -0.2) is 8.42 Å². The summed E-state index contributed by atoms with van der Waals surface area (Å²) in [7, 11) is -2.31. The summed E-state index contributed by atoms with van der Waals surface area (Å²) >= 11 is 0. The zero-order chi connectivity index (χ0) is 20.5. The average molecular weight is 410 g/mol. The Kier molecular flexibility index (Phi) is 5.90. The molecule has 1 atom stereocenters. The van der Waals surface area contributed by atoms with Crippen LogP contribution in [0.5, 0.6) is 0 Å². The minimum absolute atomic E-state index is 0.00883. The number of piperidine rings is 1. The average Bonchev–Trinajstić information content (AvgIpc) is 3.52. The topological polar surface area (TPSA) is 122 Å². The molecule has 0 unspecified atom stereocenters. The Labute approximate surface area is 164 Å². The number of hydrogen-bond acceptors (Lipinski definition) is 6. The molecule has 2 aliphatic rings. The number of hydrogen-bond donors (Lipinski definition) is 2. The van der Waals surface area contributed by atoms with Crippen molar-refractivity contribution in [2.24, 2.45) is 11.8 Å². The zero-order valence-corrected chi connectivity index (χ0v) is 16.9. The van der Waals surface area contributed by atoms with E-state index in [-0.39, 0.29) is 47.2 Å². The van der Waals surface area contributed by atoms with Gasteiger partial charge in [0.25, 0.3) is 5.69 Å². The fourth-order valence-corrected chi connectivity index (χ4v) is 5.09. The molecule has 1 aromatic rings. The predicted molar refractivity (Wildman–Crippen MR) is 104 cm³/mol. The van der Waals surface area contributed by atoms with E-state index in [4.69, 9.17) is 0 Å². The summed E-state index contributed by atoms with van der Waals surface area (Å²) in [4.78, 5) is 22.9. The molecule has 1 amide bonds. The largest absolute Gasteiger partial charge is 0.383 e. The van der Waals surface area contributed by atoms with Crippen LogP contribution in [0.4, 0.5) is 11.4 Å². The summed E-state index contributed by atoms with van der Waals surface area (Å²) in [5, 5.41) is 16.9. The van der Waals surface area contributed by atoms with Crippen LogP contribution < -0.4 is 10.6 Å². The lowest BCUT2D eigenvalue weighted by Crippen LogP contribution is -2.45. The number of nitrogens with one attached hydrogen (secondary N) is 2. The summed E-state index contributed by atoms with van der Waals surface area (Å²) in [6.45, 7) is 2.45. The Hall–Kier alpha value is -2.20. The maximum atomic E-state index is 12.9. The Morgan fingerprint density at radius 1 is 1.25 bits per heavy atom. The van der Waals surface area contributed by atoms with E-state index in [2.05, 4.69) is 10.6 Å². The minimum atomic E-state index is -3.85. The predicted octanol–water partition coefficient (Wildman–Crippen LogP) is 1.95. The van der Waals surface area contributed by atoms with Gasteiger partial charge in [-0.3, -0.25) is 14.9 Å². The molecule has 1 aromatic carbocycles. The van der Waals surface area contributed by atoms with Gasteiger partial charge in [0.05, 0.1) is 9.82 Å². The summed E-state index contributed by atoms with van der Waals surface area (Å²) < 4.78 is 27.1. The molecule has 28 heavy (non-hydrogen) atoms. The Bertz CT molecular complexity index is 861. The number of sulfonamides is 1. The first-order chi connectivity index (χ1) is 13.2. The smallest absolute Gasteiger partial charge is 0.293 e. The lowest BCUT2D eigenvalue weighted by atomic mass is 9.96. The van der Waals surface area contributed by atoms with E-state index in [0.717, 1.165) is 18.9 Å². The van der Waals surface area contributed by atoms with Crippen molar-refractivity contribution in [2.45, 2.75) is 43.5 Å². The molecule has 1 saturated heterocycles. The second kappa shape index (κ2) is 8.04. The van der Waals surface area contributed by atoms with Gasteiger partial charge in [-0.2, -0.15) is 4.31 Å². The van der Waals surface area contributed by atoms with Crippen molar-refractivity contribution in [1.29, 1.82) is 0 Å². The summed E-state index contributed by atoms with van der Waals surface area (Å²) in [5.74, 6) is 0.361. The lowest BCUT2D eigenvalue weighted by molar-refractivity contribution is -0.384. The Morgan fingerprint density at radius 3 is 2.43 bits per heavy atom. The molecular weight excluding hydrogens is 384 g/mol. The molecule has 0 aromatic heterocycles. The molecule has 0 radical (unpaired) electrons. The van der Waals surface area contributed by atoms with E-state index in [9.17, 15) is 23.3 Å². The van der Waals surface area contributed by atoms with E-state index < -0.39 is 14.9 Å². The van der Waals surface area contributed by atoms with Crippen molar-refractivity contribution < 1.29 is 18.1 Å². The molecule has 1 heterocycles. The van der Waals surface area contributed by atoms with Crippen LogP contribution in [0.15, 0.2) is 23.1 Å². The van der Waals surface area contributed by atoms with Gasteiger partial charge in [-0.1, -0.05) is 0 Å². The lowest BCUT2D eigenvalue weighted by Gasteiger charge is -2.31. The fraction of sp³-hybridized carbons (Fsp3) is 0.611. The summed E-state index contributed by atoms with van der Waals surface area (Å²) in [5.41, 5.74) is -0.0315. The quantitative estimate of drug-likeness (QED) is 0.523. The molecule has 0 bridgehead atoms. The van der Waals surface area contributed by atoms with Gasteiger partial charge in [0, 0.05) is 38.2 Å². The third kappa shape index (κ3) is 4.27. The number of carbonyl (C=O) groups excluding carboxylic acids is 1. The molecule has 154 valence electrons. The second-order valence-corrected chi connectivity index (χ2v) is 9.44. The van der Waals surface area contributed by atoms with Crippen molar-refractivity contribution in [2.75, 3.05) is 25.5 Å². The molecule has 1 aliphatic carbocycles. The first kappa shape index (κ1) is 20.5. The number of nitrogens with zero attached hydrogens (tertiary/aromatic N) is 2. The van der Waals surface area contributed by atoms with Gasteiger partial charge in [0.1, 0.15) is 5.69 Å². The molecule has 2 N–H and O–H groups in total. The maximum Gasteiger partial charge on any atom is 0.293 e. The fourth-order valence-electron chi connectivity index (χ4n) is 3.60. The molecule has 1 saturated carbocycles. The molecule has 9 nitrogen and oxygen atoms in total. The van der Waals surface area contributed by atoms with Gasteiger partial charge >= 0.3 is 0 Å². The summed E-state index contributed by atoms with van der Waals surface area (Å²) in [6, 6.07) is 4.01. The molecule has 3 rings (SSSR count). The molecule has 2 fully saturated rings. The number of amides is 1. The van der Waals surface area contributed by atoms with Gasteiger partial charge < -0.3 is 10.6 Å². The summed E-state index contributed by atoms with van der Waals surface area (Å²) in [6.07, 6.45) is 3.19. The number of nitro benzene ring substituents is 1. The maximum absolute atomic E-state index is 12.9. The standard InChI is InChI=1S/C18H26N4O5S/c1-12(13-3-4-13)20-18(23)14-7-9-21(10-8-14)28(26,27)15-5-6-16(19-2)17(11-15)22(24)25/h5-6,11-14,19H,3-4,7-10H2,1-2H3,(H,20,23)/t12-/m0/s1. The number of benzene rings is 1. The van der Waals surface area contributed by atoms with Crippen LogP contribution in [-0.4, -0.2) is 49.7 Å². The van der Waals surface area contributed by atoms with Crippen LogP contribution in [0, 0.1) is 22.0 Å². The third-order valence-corrected chi connectivity index (χ3v) is 7.49. The monoisotopic (exact) mass is 410 g/mol. The van der Waals surface area contributed by atoms with Crippen molar-refractivity contribution in [3.05, 3.63) is 28.3 Å². The highest BCUT2D eigenvalue weighted by atomic mass is 32.2. The molecular formula is C18H26N4O5S. The number of nitro groups is 1. The van der Waals surface area contributed by atoms with E-state index in [1.165, 1.54) is 23.5 Å². The van der Waals surface area contributed by atoms with Gasteiger partial charge in [-0.05, 0) is 50.7 Å². The van der Waals surface area contributed by atoms with E-state index in [0.29, 0.717) is 18.8 Å². The van der Waals surface area contributed by atoms with E-state index >= 15 is 0 Å². The third-order valence-electron chi connectivity index (χ3n) is 5.60. The number of anilines is 1. The highest BCUT2D eigenvalue weighted by Gasteiger charge is 2.35. The van der Waals surface area contributed by atoms with Crippen LogP contribution in [0.1, 0.15) is 32.6 Å². The highest BCUT2D eigenvalue weighted by Crippen LogP contribution is 2.33. The van der Waals surface area contributed by atoms with Crippen LogP contribution in [0.25, 0.3) is 0 Å². The van der Waals surface area contributed by atoms with Gasteiger partial charge in [-0.15, -0.1) is 0 Å². The molecule has 1 aliphatic heterocycles. The number of carbonyl (C=O) groups is 1. The van der Waals surface area contributed by atoms with Crippen molar-refractivity contribution in [3.63, 3.8) is 0 Å². The Balaban J connectivity index is 1.66. The zero-order valence-electron chi connectivity index (χ0n) is 16.1. The first-order valence-corrected chi connectivity index (χ1v) is 10.9.